The van der Waals surface area contributed by atoms with Gasteiger partial charge in [0.1, 0.15) is 5.69 Å². The lowest BCUT2D eigenvalue weighted by Gasteiger charge is -2.34. The van der Waals surface area contributed by atoms with Crippen LogP contribution in [-0.4, -0.2) is 61.2 Å². The Balaban J connectivity index is 1.56. The number of alkyl halides is 2. The van der Waals surface area contributed by atoms with Crippen LogP contribution in [0, 0.1) is 0 Å². The van der Waals surface area contributed by atoms with Gasteiger partial charge in [-0.1, -0.05) is 11.3 Å². The van der Waals surface area contributed by atoms with E-state index in [-0.39, 0.29) is 10.5 Å². The molecular weight excluding hydrogens is 516 g/mol. The first kappa shape index (κ1) is 24.6. The molecule has 37 heavy (non-hydrogen) atoms. The zero-order chi connectivity index (χ0) is 25.7. The third-order valence-electron chi connectivity index (χ3n) is 6.67. The summed E-state index contributed by atoms with van der Waals surface area (Å²) in [6.07, 6.45) is 3.13. The maximum atomic E-state index is 13.4. The Morgan fingerprint density at radius 1 is 1.24 bits per heavy atom. The quantitative estimate of drug-likeness (QED) is 0.328. The molecule has 0 spiro atoms. The predicted molar refractivity (Wildman–Crippen MR) is 142 cm³/mol. The fraction of sp³-hybridized carbons (Fsp3) is 0.458. The SMILES string of the molecule is CC1CN(c2cc(SNC3(C)CC3)cc3c(-c4nnc(C(F)F)s4)nc(-c4cnn(C)c4)nc23)CCN1. The number of hydrogen-bond acceptors (Lipinski definition) is 10. The van der Waals surface area contributed by atoms with E-state index in [1.807, 2.05) is 19.3 Å². The van der Waals surface area contributed by atoms with Crippen molar-refractivity contribution in [2.24, 2.45) is 7.05 Å². The van der Waals surface area contributed by atoms with Crippen LogP contribution in [0.3, 0.4) is 0 Å². The van der Waals surface area contributed by atoms with E-state index in [0.717, 1.165) is 70.9 Å². The van der Waals surface area contributed by atoms with Crippen LogP contribution < -0.4 is 14.9 Å². The molecule has 2 aliphatic rings. The fourth-order valence-corrected chi connectivity index (χ4v) is 5.98. The molecule has 3 aromatic heterocycles. The fourth-order valence-electron chi connectivity index (χ4n) is 4.36. The van der Waals surface area contributed by atoms with E-state index in [4.69, 9.17) is 9.97 Å². The molecule has 0 bridgehead atoms. The average molecular weight is 544 g/mol. The highest BCUT2D eigenvalue weighted by molar-refractivity contribution is 7.97. The van der Waals surface area contributed by atoms with Crippen LogP contribution in [0.15, 0.2) is 29.4 Å². The Morgan fingerprint density at radius 3 is 2.76 bits per heavy atom. The summed E-state index contributed by atoms with van der Waals surface area (Å²) in [4.78, 5) is 13.2. The van der Waals surface area contributed by atoms with Crippen LogP contribution in [0.25, 0.3) is 33.0 Å². The van der Waals surface area contributed by atoms with Gasteiger partial charge in [-0.3, -0.25) is 9.40 Å². The van der Waals surface area contributed by atoms with Crippen molar-refractivity contribution in [3.05, 3.63) is 29.5 Å². The number of aryl methyl sites for hydroxylation is 1. The van der Waals surface area contributed by atoms with Gasteiger partial charge in [0.25, 0.3) is 6.43 Å². The summed E-state index contributed by atoms with van der Waals surface area (Å²) in [5.41, 5.74) is 3.12. The van der Waals surface area contributed by atoms with Crippen LogP contribution in [0.5, 0.6) is 0 Å². The summed E-state index contributed by atoms with van der Waals surface area (Å²) in [7, 11) is 1.83. The van der Waals surface area contributed by atoms with Crippen LogP contribution in [0.1, 0.15) is 38.1 Å². The summed E-state index contributed by atoms with van der Waals surface area (Å²) < 4.78 is 32.1. The number of benzene rings is 1. The Hall–Kier alpha value is -2.74. The second kappa shape index (κ2) is 9.53. The molecule has 1 aliphatic carbocycles. The largest absolute Gasteiger partial charge is 0.367 e. The van der Waals surface area contributed by atoms with Crippen LogP contribution in [0.2, 0.25) is 0 Å². The minimum absolute atomic E-state index is 0.137. The highest BCUT2D eigenvalue weighted by atomic mass is 32.2. The molecule has 1 saturated heterocycles. The molecule has 4 heterocycles. The van der Waals surface area contributed by atoms with Crippen molar-refractivity contribution in [1.29, 1.82) is 0 Å². The first-order valence-corrected chi connectivity index (χ1v) is 13.8. The standard InChI is InChI=1S/C24H27F2N9S2/c1-13-11-35(7-6-27-13)17-9-15(37-33-24(2)4-5-24)8-16-18(17)29-21(14-10-28-34(3)12-14)30-19(16)22-31-32-23(36-22)20(25)26/h8-10,12-13,20,27,33H,4-7,11H2,1-3H3. The highest BCUT2D eigenvalue weighted by Gasteiger charge is 2.37. The van der Waals surface area contributed by atoms with Gasteiger partial charge in [-0.25, -0.2) is 18.7 Å². The minimum atomic E-state index is -2.69. The van der Waals surface area contributed by atoms with Gasteiger partial charge in [0.2, 0.25) is 0 Å². The van der Waals surface area contributed by atoms with E-state index in [1.54, 1.807) is 22.8 Å². The zero-order valence-electron chi connectivity index (χ0n) is 20.7. The number of rotatable bonds is 7. The van der Waals surface area contributed by atoms with Gasteiger partial charge >= 0.3 is 0 Å². The summed E-state index contributed by atoms with van der Waals surface area (Å²) in [5.74, 6) is 0.470. The van der Waals surface area contributed by atoms with E-state index in [1.165, 1.54) is 0 Å². The van der Waals surface area contributed by atoms with E-state index in [9.17, 15) is 8.78 Å². The lowest BCUT2D eigenvalue weighted by atomic mass is 10.1. The van der Waals surface area contributed by atoms with Crippen molar-refractivity contribution in [3.63, 3.8) is 0 Å². The molecular formula is C24H27F2N9S2. The van der Waals surface area contributed by atoms with Gasteiger partial charge in [0.15, 0.2) is 15.8 Å². The monoisotopic (exact) mass is 543 g/mol. The van der Waals surface area contributed by atoms with E-state index in [2.05, 4.69) is 50.1 Å². The highest BCUT2D eigenvalue weighted by Crippen LogP contribution is 2.41. The second-order valence-electron chi connectivity index (χ2n) is 9.95. The van der Waals surface area contributed by atoms with Gasteiger partial charge in [0, 0.05) is 54.7 Å². The number of nitrogens with one attached hydrogen (secondary N) is 2. The van der Waals surface area contributed by atoms with Crippen molar-refractivity contribution in [2.75, 3.05) is 24.5 Å². The minimum Gasteiger partial charge on any atom is -0.367 e. The van der Waals surface area contributed by atoms with Crippen LogP contribution in [0.4, 0.5) is 14.5 Å². The maximum absolute atomic E-state index is 13.4. The first-order valence-electron chi connectivity index (χ1n) is 12.2. The molecule has 9 nitrogen and oxygen atoms in total. The Labute approximate surface area is 221 Å². The molecule has 0 radical (unpaired) electrons. The molecule has 1 unspecified atom stereocenters. The van der Waals surface area contributed by atoms with Crippen LogP contribution in [-0.2, 0) is 7.05 Å². The summed E-state index contributed by atoms with van der Waals surface area (Å²) in [6, 6.07) is 4.51. The topological polar surface area (TPSA) is 96.7 Å². The number of fused-ring (bicyclic) bond motifs is 1. The van der Waals surface area contributed by atoms with Crippen molar-refractivity contribution < 1.29 is 8.78 Å². The third-order valence-corrected chi connectivity index (χ3v) is 8.68. The van der Waals surface area contributed by atoms with E-state index < -0.39 is 6.43 Å². The lowest BCUT2D eigenvalue weighted by Crippen LogP contribution is -2.49. The molecule has 2 N–H and O–H groups in total. The predicted octanol–water partition coefficient (Wildman–Crippen LogP) is 4.43. The summed E-state index contributed by atoms with van der Waals surface area (Å²) in [6.45, 7) is 6.88. The number of aromatic nitrogens is 6. The summed E-state index contributed by atoms with van der Waals surface area (Å²) >= 11 is 2.45. The van der Waals surface area contributed by atoms with Crippen molar-refractivity contribution in [2.45, 2.75) is 49.6 Å². The maximum Gasteiger partial charge on any atom is 0.291 e. The van der Waals surface area contributed by atoms with Gasteiger partial charge in [-0.15, -0.1) is 10.2 Å². The van der Waals surface area contributed by atoms with Gasteiger partial charge in [0.05, 0.1) is 23.0 Å². The lowest BCUT2D eigenvalue weighted by molar-refractivity contribution is 0.150. The Morgan fingerprint density at radius 2 is 2.08 bits per heavy atom. The molecule has 0 amide bonds. The molecule has 1 saturated carbocycles. The number of halogens is 2. The van der Waals surface area contributed by atoms with Gasteiger partial charge in [-0.2, -0.15) is 5.10 Å². The van der Waals surface area contributed by atoms with Crippen LogP contribution >= 0.6 is 23.3 Å². The molecule has 1 atom stereocenters. The molecule has 2 fully saturated rings. The Kier molecular flexibility index (Phi) is 6.33. The molecule has 1 aliphatic heterocycles. The molecule has 194 valence electrons. The first-order chi connectivity index (χ1) is 17.8. The van der Waals surface area contributed by atoms with E-state index in [0.29, 0.717) is 22.6 Å². The van der Waals surface area contributed by atoms with Gasteiger partial charge in [-0.05, 0) is 50.8 Å². The number of hydrogen-bond donors (Lipinski definition) is 2. The van der Waals surface area contributed by atoms with Crippen molar-refractivity contribution in [1.82, 2.24) is 40.0 Å². The third kappa shape index (κ3) is 5.05. The molecule has 13 heteroatoms. The average Bonchev–Trinajstić information content (AvgIpc) is 3.23. The number of piperazine rings is 1. The van der Waals surface area contributed by atoms with E-state index >= 15 is 0 Å². The number of nitrogens with zero attached hydrogens (tertiary/aromatic N) is 7. The molecule has 4 aromatic rings. The summed E-state index contributed by atoms with van der Waals surface area (Å²) in [5, 5.41) is 16.4. The molecule has 1 aromatic carbocycles. The Bertz CT molecular complexity index is 1450. The van der Waals surface area contributed by atoms with Crippen molar-refractivity contribution in [3.8, 4) is 22.1 Å². The smallest absolute Gasteiger partial charge is 0.291 e. The zero-order valence-corrected chi connectivity index (χ0v) is 22.3. The second-order valence-corrected chi connectivity index (χ2v) is 11.8. The normalized spacial score (nSPS) is 19.2. The molecule has 6 rings (SSSR count). The van der Waals surface area contributed by atoms with Gasteiger partial charge < -0.3 is 10.2 Å². The number of anilines is 1. The van der Waals surface area contributed by atoms with Crippen molar-refractivity contribution >= 4 is 39.9 Å².